The van der Waals surface area contributed by atoms with Crippen LogP contribution in [-0.2, 0) is 14.6 Å². The van der Waals surface area contributed by atoms with Crippen LogP contribution in [0.25, 0.3) is 0 Å². The van der Waals surface area contributed by atoms with E-state index in [9.17, 15) is 8.42 Å². The molecule has 0 amide bonds. The normalized spacial score (nSPS) is 17.4. The summed E-state index contributed by atoms with van der Waals surface area (Å²) in [6.07, 6.45) is 7.72. The van der Waals surface area contributed by atoms with Crippen molar-refractivity contribution in [3.05, 3.63) is 0 Å². The van der Waals surface area contributed by atoms with Crippen molar-refractivity contribution in [2.75, 3.05) is 45.4 Å². The average Bonchev–Trinajstić information content (AvgIpc) is 2.92. The Morgan fingerprint density at radius 3 is 2.36 bits per heavy atom. The van der Waals surface area contributed by atoms with Gasteiger partial charge in [0.15, 0.2) is 5.96 Å². The Balaban J connectivity index is 0.00000576. The van der Waals surface area contributed by atoms with Crippen LogP contribution in [0.15, 0.2) is 4.99 Å². The topological polar surface area (TPSA) is 79.8 Å². The Morgan fingerprint density at radius 1 is 1.20 bits per heavy atom. The minimum atomic E-state index is -2.95. The van der Waals surface area contributed by atoms with Crippen LogP contribution in [0.4, 0.5) is 0 Å². The van der Waals surface area contributed by atoms with Crippen molar-refractivity contribution in [1.82, 2.24) is 10.6 Å². The molecule has 0 radical (unpaired) electrons. The van der Waals surface area contributed by atoms with E-state index in [4.69, 9.17) is 4.74 Å². The molecule has 1 fully saturated rings. The molecule has 1 aliphatic rings. The summed E-state index contributed by atoms with van der Waals surface area (Å²) in [5.41, 5.74) is 0.401. The largest absolute Gasteiger partial charge is 0.379 e. The van der Waals surface area contributed by atoms with Crippen molar-refractivity contribution in [3.8, 4) is 0 Å². The standard InChI is InChI=1S/C17H35N3O3S.HI/c1-15(2)13-17(7-5-6-8-17)14-20-16(18-3)19-9-10-23-11-12-24(4,21)22;/h15H,5-14H2,1-4H3,(H2,18,19,20);1H. The molecule has 150 valence electrons. The third-order valence-corrected chi connectivity index (χ3v) is 5.41. The van der Waals surface area contributed by atoms with Gasteiger partial charge in [0.1, 0.15) is 9.84 Å². The van der Waals surface area contributed by atoms with Gasteiger partial charge in [0.2, 0.25) is 0 Å². The first-order chi connectivity index (χ1) is 11.3. The van der Waals surface area contributed by atoms with Crippen molar-refractivity contribution in [3.63, 3.8) is 0 Å². The average molecular weight is 489 g/mol. The van der Waals surface area contributed by atoms with Crippen LogP contribution < -0.4 is 10.6 Å². The summed E-state index contributed by atoms with van der Waals surface area (Å²) in [5.74, 6) is 1.57. The van der Waals surface area contributed by atoms with E-state index < -0.39 is 9.84 Å². The highest BCUT2D eigenvalue weighted by atomic mass is 127. The summed E-state index contributed by atoms with van der Waals surface area (Å²) >= 11 is 0. The summed E-state index contributed by atoms with van der Waals surface area (Å²) in [6, 6.07) is 0. The molecule has 0 aromatic rings. The Morgan fingerprint density at radius 2 is 1.84 bits per heavy atom. The fraction of sp³-hybridized carbons (Fsp3) is 0.941. The van der Waals surface area contributed by atoms with Crippen LogP contribution in [0, 0.1) is 11.3 Å². The highest BCUT2D eigenvalue weighted by Crippen LogP contribution is 2.42. The molecule has 6 nitrogen and oxygen atoms in total. The smallest absolute Gasteiger partial charge is 0.191 e. The molecule has 1 saturated carbocycles. The molecular weight excluding hydrogens is 453 g/mol. The monoisotopic (exact) mass is 489 g/mol. The Hall–Kier alpha value is -0.0900. The summed E-state index contributed by atoms with van der Waals surface area (Å²) in [4.78, 5) is 4.26. The van der Waals surface area contributed by atoms with Gasteiger partial charge in [-0.05, 0) is 30.6 Å². The maximum absolute atomic E-state index is 11.0. The third-order valence-electron chi connectivity index (χ3n) is 4.50. The minimum Gasteiger partial charge on any atom is -0.379 e. The van der Waals surface area contributed by atoms with E-state index in [0.717, 1.165) is 12.5 Å². The maximum atomic E-state index is 11.0. The lowest BCUT2D eigenvalue weighted by Gasteiger charge is -2.31. The van der Waals surface area contributed by atoms with Crippen molar-refractivity contribution >= 4 is 39.8 Å². The molecule has 0 aromatic carbocycles. The van der Waals surface area contributed by atoms with E-state index in [1.165, 1.54) is 38.4 Å². The van der Waals surface area contributed by atoms with Crippen molar-refractivity contribution in [2.24, 2.45) is 16.3 Å². The fourth-order valence-corrected chi connectivity index (χ4v) is 3.91. The van der Waals surface area contributed by atoms with Gasteiger partial charge >= 0.3 is 0 Å². The van der Waals surface area contributed by atoms with Gasteiger partial charge in [0.05, 0.1) is 19.0 Å². The van der Waals surface area contributed by atoms with Crippen LogP contribution in [0.5, 0.6) is 0 Å². The molecule has 8 heteroatoms. The first kappa shape index (κ1) is 24.9. The van der Waals surface area contributed by atoms with Gasteiger partial charge in [-0.15, -0.1) is 24.0 Å². The molecule has 0 saturated heterocycles. The minimum absolute atomic E-state index is 0. The number of aliphatic imine (C=N–C) groups is 1. The third kappa shape index (κ3) is 11.3. The van der Waals surface area contributed by atoms with Gasteiger partial charge in [0.25, 0.3) is 0 Å². The number of ether oxygens (including phenoxy) is 1. The predicted molar refractivity (Wildman–Crippen MR) is 116 cm³/mol. The quantitative estimate of drug-likeness (QED) is 0.213. The number of hydrogen-bond donors (Lipinski definition) is 2. The highest BCUT2D eigenvalue weighted by molar-refractivity contribution is 14.0. The molecule has 25 heavy (non-hydrogen) atoms. The first-order valence-electron chi connectivity index (χ1n) is 8.96. The second kappa shape index (κ2) is 12.3. The number of nitrogens with zero attached hydrogens (tertiary/aromatic N) is 1. The number of halogens is 1. The molecule has 0 bridgehead atoms. The van der Waals surface area contributed by atoms with E-state index in [-0.39, 0.29) is 36.3 Å². The van der Waals surface area contributed by atoms with Crippen molar-refractivity contribution < 1.29 is 13.2 Å². The molecule has 1 rings (SSSR count). The van der Waals surface area contributed by atoms with E-state index in [1.54, 1.807) is 7.05 Å². The molecule has 1 aliphatic carbocycles. The highest BCUT2D eigenvalue weighted by Gasteiger charge is 2.34. The maximum Gasteiger partial charge on any atom is 0.191 e. The van der Waals surface area contributed by atoms with Gasteiger partial charge in [-0.25, -0.2) is 8.42 Å². The number of guanidine groups is 1. The Bertz CT molecular complexity index is 489. The SMILES string of the molecule is CN=C(NCCOCCS(C)(=O)=O)NCC1(CC(C)C)CCCC1.I. The zero-order chi connectivity index (χ0) is 18.1. The Labute approximate surface area is 170 Å². The lowest BCUT2D eigenvalue weighted by atomic mass is 9.78. The molecule has 0 aliphatic heterocycles. The van der Waals surface area contributed by atoms with Crippen LogP contribution in [0.3, 0.4) is 0 Å². The van der Waals surface area contributed by atoms with Crippen molar-refractivity contribution in [2.45, 2.75) is 46.0 Å². The fourth-order valence-electron chi connectivity index (χ4n) is 3.49. The number of hydrogen-bond acceptors (Lipinski definition) is 4. The molecule has 0 spiro atoms. The van der Waals surface area contributed by atoms with E-state index in [0.29, 0.717) is 24.5 Å². The molecule has 0 atom stereocenters. The van der Waals surface area contributed by atoms with E-state index in [2.05, 4.69) is 29.5 Å². The van der Waals surface area contributed by atoms with Crippen LogP contribution in [-0.4, -0.2) is 59.7 Å². The number of sulfone groups is 1. The van der Waals surface area contributed by atoms with E-state index >= 15 is 0 Å². The Kier molecular flexibility index (Phi) is 12.3. The summed E-state index contributed by atoms with van der Waals surface area (Å²) in [6.45, 7) is 6.86. The molecule has 0 unspecified atom stereocenters. The second-order valence-electron chi connectivity index (χ2n) is 7.40. The van der Waals surface area contributed by atoms with Gasteiger partial charge in [-0.3, -0.25) is 4.99 Å². The van der Waals surface area contributed by atoms with Gasteiger partial charge < -0.3 is 15.4 Å². The lowest BCUT2D eigenvalue weighted by molar-refractivity contribution is 0.153. The molecule has 0 heterocycles. The zero-order valence-electron chi connectivity index (χ0n) is 16.1. The number of nitrogens with one attached hydrogen (secondary N) is 2. The van der Waals surface area contributed by atoms with Gasteiger partial charge in [-0.1, -0.05) is 26.7 Å². The van der Waals surface area contributed by atoms with E-state index in [1.807, 2.05) is 0 Å². The van der Waals surface area contributed by atoms with Gasteiger partial charge in [-0.2, -0.15) is 0 Å². The van der Waals surface area contributed by atoms with Crippen LogP contribution in [0.2, 0.25) is 0 Å². The zero-order valence-corrected chi connectivity index (χ0v) is 19.3. The molecule has 0 aromatic heterocycles. The predicted octanol–water partition coefficient (Wildman–Crippen LogP) is 2.44. The van der Waals surface area contributed by atoms with Crippen LogP contribution in [0.1, 0.15) is 46.0 Å². The van der Waals surface area contributed by atoms with Crippen molar-refractivity contribution in [1.29, 1.82) is 0 Å². The molecular formula is C17H36IN3O3S. The number of rotatable bonds is 10. The lowest BCUT2D eigenvalue weighted by Crippen LogP contribution is -2.44. The second-order valence-corrected chi connectivity index (χ2v) is 9.66. The van der Waals surface area contributed by atoms with Crippen LogP contribution >= 0.6 is 24.0 Å². The molecule has 2 N–H and O–H groups in total. The first-order valence-corrected chi connectivity index (χ1v) is 11.0. The van der Waals surface area contributed by atoms with Gasteiger partial charge in [0, 0.05) is 26.4 Å². The summed E-state index contributed by atoms with van der Waals surface area (Å²) in [7, 11) is -1.18. The summed E-state index contributed by atoms with van der Waals surface area (Å²) < 4.78 is 27.4. The summed E-state index contributed by atoms with van der Waals surface area (Å²) in [5, 5.41) is 6.69.